The molecular weight excluding hydrogens is 354 g/mol. The Hall–Kier alpha value is -2.81. The minimum absolute atomic E-state index is 0.182. The number of rotatable bonds is 4. The summed E-state index contributed by atoms with van der Waals surface area (Å²) in [5, 5.41) is 5.64. The number of nitrogens with one attached hydrogen (secondary N) is 3. The standard InChI is InChI=1S/C14H14F2N6.C4H8O/c1-7(2)18-13-17-6-10-12(21-13)22-14(19-10)20-11-8(15)4-3-5-9(11)16;1-2-4-5-3-1/h3-7H,1-2H3,(H3,17,18,19,20,21,22);1-4H2. The summed E-state index contributed by atoms with van der Waals surface area (Å²) in [5.41, 5.74) is 0.695. The second-order valence-corrected chi connectivity index (χ2v) is 6.36. The van der Waals surface area contributed by atoms with Gasteiger partial charge in [-0.15, -0.1) is 0 Å². The molecule has 1 saturated heterocycles. The average Bonchev–Trinajstić information content (AvgIpc) is 3.30. The van der Waals surface area contributed by atoms with Gasteiger partial charge < -0.3 is 20.4 Å². The number of para-hydroxylation sites is 1. The van der Waals surface area contributed by atoms with Crippen LogP contribution < -0.4 is 10.6 Å². The number of aromatic amines is 1. The molecule has 3 aromatic rings. The first kappa shape index (κ1) is 19.0. The summed E-state index contributed by atoms with van der Waals surface area (Å²) in [6.45, 7) is 5.93. The Morgan fingerprint density at radius 1 is 1.11 bits per heavy atom. The molecule has 1 fully saturated rings. The quantitative estimate of drug-likeness (QED) is 0.638. The van der Waals surface area contributed by atoms with Crippen molar-refractivity contribution in [2.45, 2.75) is 32.7 Å². The van der Waals surface area contributed by atoms with E-state index in [1.165, 1.54) is 31.0 Å². The van der Waals surface area contributed by atoms with Crippen LogP contribution in [0.15, 0.2) is 24.4 Å². The zero-order valence-electron chi connectivity index (χ0n) is 15.2. The first-order chi connectivity index (χ1) is 13.0. The third-order valence-electron chi connectivity index (χ3n) is 3.69. The van der Waals surface area contributed by atoms with Crippen LogP contribution in [0.3, 0.4) is 0 Å². The topological polar surface area (TPSA) is 87.8 Å². The molecule has 7 nitrogen and oxygen atoms in total. The molecule has 0 unspecified atom stereocenters. The summed E-state index contributed by atoms with van der Waals surface area (Å²) in [7, 11) is 0. The zero-order valence-corrected chi connectivity index (χ0v) is 15.2. The van der Waals surface area contributed by atoms with Crippen molar-refractivity contribution < 1.29 is 13.5 Å². The number of H-pyrrole nitrogens is 1. The van der Waals surface area contributed by atoms with Crippen LogP contribution in [-0.2, 0) is 4.74 Å². The van der Waals surface area contributed by atoms with Crippen LogP contribution >= 0.6 is 0 Å². The van der Waals surface area contributed by atoms with Crippen molar-refractivity contribution in [3.63, 3.8) is 0 Å². The lowest BCUT2D eigenvalue weighted by Gasteiger charge is -2.06. The van der Waals surface area contributed by atoms with Crippen molar-refractivity contribution in [3.8, 4) is 0 Å². The SMILES string of the molecule is C1CCOC1.CC(C)Nc1ncc2[nH]c(Nc3c(F)cccc3F)nc2n1. The van der Waals surface area contributed by atoms with Crippen LogP contribution in [0.5, 0.6) is 0 Å². The van der Waals surface area contributed by atoms with E-state index in [9.17, 15) is 8.78 Å². The molecule has 0 aliphatic carbocycles. The van der Waals surface area contributed by atoms with Crippen LogP contribution in [0.2, 0.25) is 0 Å². The van der Waals surface area contributed by atoms with Crippen molar-refractivity contribution in [1.29, 1.82) is 0 Å². The van der Waals surface area contributed by atoms with E-state index in [0.717, 1.165) is 13.2 Å². The fourth-order valence-corrected chi connectivity index (χ4v) is 2.44. The number of fused-ring (bicyclic) bond motifs is 1. The van der Waals surface area contributed by atoms with Gasteiger partial charge >= 0.3 is 0 Å². The molecule has 144 valence electrons. The Balaban J connectivity index is 0.000000364. The molecule has 1 aliphatic heterocycles. The second kappa shape index (κ2) is 8.72. The van der Waals surface area contributed by atoms with Gasteiger partial charge in [-0.25, -0.2) is 13.8 Å². The average molecular weight is 376 g/mol. The number of benzene rings is 1. The van der Waals surface area contributed by atoms with Gasteiger partial charge in [0, 0.05) is 19.3 Å². The number of anilines is 3. The van der Waals surface area contributed by atoms with Gasteiger partial charge in [0.2, 0.25) is 11.9 Å². The van der Waals surface area contributed by atoms with Gasteiger partial charge in [0.15, 0.2) is 5.65 Å². The predicted molar refractivity (Wildman–Crippen MR) is 100 cm³/mol. The predicted octanol–water partition coefficient (Wildman–Crippen LogP) is 3.99. The van der Waals surface area contributed by atoms with E-state index < -0.39 is 11.6 Å². The van der Waals surface area contributed by atoms with Gasteiger partial charge in [-0.1, -0.05) is 6.07 Å². The molecule has 0 radical (unpaired) electrons. The Morgan fingerprint density at radius 2 is 1.81 bits per heavy atom. The summed E-state index contributed by atoms with van der Waals surface area (Å²) in [4.78, 5) is 15.4. The van der Waals surface area contributed by atoms with Crippen LogP contribution in [0.4, 0.5) is 26.4 Å². The van der Waals surface area contributed by atoms with Crippen LogP contribution in [0, 0.1) is 11.6 Å². The molecule has 0 saturated carbocycles. The molecule has 1 aliphatic rings. The smallest absolute Gasteiger partial charge is 0.225 e. The molecule has 1 aromatic carbocycles. The van der Waals surface area contributed by atoms with E-state index >= 15 is 0 Å². The van der Waals surface area contributed by atoms with E-state index in [1.54, 1.807) is 6.20 Å². The minimum Gasteiger partial charge on any atom is -0.381 e. The van der Waals surface area contributed by atoms with Gasteiger partial charge in [0.05, 0.1) is 6.20 Å². The molecule has 0 atom stereocenters. The van der Waals surface area contributed by atoms with Crippen LogP contribution in [0.1, 0.15) is 26.7 Å². The lowest BCUT2D eigenvalue weighted by molar-refractivity contribution is 0.198. The van der Waals surface area contributed by atoms with Crippen LogP contribution in [-0.4, -0.2) is 39.2 Å². The first-order valence-electron chi connectivity index (χ1n) is 8.81. The second-order valence-electron chi connectivity index (χ2n) is 6.36. The Kier molecular flexibility index (Phi) is 6.12. The van der Waals surface area contributed by atoms with Gasteiger partial charge in [0.1, 0.15) is 22.8 Å². The molecule has 4 rings (SSSR count). The summed E-state index contributed by atoms with van der Waals surface area (Å²) in [5.74, 6) is -0.768. The Morgan fingerprint density at radius 3 is 2.41 bits per heavy atom. The van der Waals surface area contributed by atoms with E-state index in [2.05, 4.69) is 30.6 Å². The first-order valence-corrected chi connectivity index (χ1v) is 8.81. The number of imidazole rings is 1. The highest BCUT2D eigenvalue weighted by Gasteiger charge is 2.12. The lowest BCUT2D eigenvalue weighted by atomic mass is 10.3. The Bertz CT molecular complexity index is 867. The van der Waals surface area contributed by atoms with Crippen molar-refractivity contribution in [1.82, 2.24) is 19.9 Å². The number of nitrogens with zero attached hydrogens (tertiary/aromatic N) is 3. The highest BCUT2D eigenvalue weighted by Crippen LogP contribution is 2.23. The number of ether oxygens (including phenoxy) is 1. The zero-order chi connectivity index (χ0) is 19.2. The summed E-state index contributed by atoms with van der Waals surface area (Å²) in [6, 6.07) is 3.81. The molecule has 3 N–H and O–H groups in total. The maximum Gasteiger partial charge on any atom is 0.225 e. The highest BCUT2D eigenvalue weighted by molar-refractivity contribution is 5.75. The minimum atomic E-state index is -0.700. The Labute approximate surface area is 155 Å². The largest absolute Gasteiger partial charge is 0.381 e. The highest BCUT2D eigenvalue weighted by atomic mass is 19.1. The summed E-state index contributed by atoms with van der Waals surface area (Å²) < 4.78 is 32.2. The van der Waals surface area contributed by atoms with E-state index in [4.69, 9.17) is 4.74 Å². The molecule has 0 bridgehead atoms. The van der Waals surface area contributed by atoms with E-state index in [-0.39, 0.29) is 17.7 Å². The van der Waals surface area contributed by atoms with Crippen molar-refractivity contribution >= 4 is 28.7 Å². The van der Waals surface area contributed by atoms with E-state index in [1.807, 2.05) is 13.8 Å². The number of aromatic nitrogens is 4. The van der Waals surface area contributed by atoms with Crippen molar-refractivity contribution in [3.05, 3.63) is 36.0 Å². The fraction of sp³-hybridized carbons (Fsp3) is 0.389. The van der Waals surface area contributed by atoms with Crippen molar-refractivity contribution in [2.75, 3.05) is 23.8 Å². The maximum absolute atomic E-state index is 13.6. The van der Waals surface area contributed by atoms with Gasteiger partial charge in [0.25, 0.3) is 0 Å². The third-order valence-corrected chi connectivity index (χ3v) is 3.69. The number of hydrogen-bond acceptors (Lipinski definition) is 6. The van der Waals surface area contributed by atoms with E-state index in [0.29, 0.717) is 17.1 Å². The number of halogens is 2. The molecule has 0 spiro atoms. The maximum atomic E-state index is 13.6. The van der Waals surface area contributed by atoms with Crippen molar-refractivity contribution in [2.24, 2.45) is 0 Å². The normalized spacial score (nSPS) is 13.5. The molecule has 27 heavy (non-hydrogen) atoms. The number of hydrogen-bond donors (Lipinski definition) is 3. The fourth-order valence-electron chi connectivity index (χ4n) is 2.44. The van der Waals surface area contributed by atoms with Gasteiger partial charge in [-0.2, -0.15) is 9.97 Å². The summed E-state index contributed by atoms with van der Waals surface area (Å²) >= 11 is 0. The van der Waals surface area contributed by atoms with Gasteiger partial charge in [-0.3, -0.25) is 0 Å². The molecular formula is C18H22F2N6O. The lowest BCUT2D eigenvalue weighted by Crippen LogP contribution is -2.12. The summed E-state index contributed by atoms with van der Waals surface area (Å²) in [6.07, 6.45) is 4.11. The monoisotopic (exact) mass is 376 g/mol. The third kappa shape index (κ3) is 5.10. The van der Waals surface area contributed by atoms with Crippen LogP contribution in [0.25, 0.3) is 11.2 Å². The van der Waals surface area contributed by atoms with Gasteiger partial charge in [-0.05, 0) is 38.8 Å². The molecule has 0 amide bonds. The molecule has 9 heteroatoms. The molecule has 2 aromatic heterocycles. The molecule has 3 heterocycles.